The van der Waals surface area contributed by atoms with Gasteiger partial charge < -0.3 is 5.11 Å². The van der Waals surface area contributed by atoms with Gasteiger partial charge >= 0.3 is 0 Å². The molecule has 0 aliphatic carbocycles. The van der Waals surface area contributed by atoms with Crippen molar-refractivity contribution >= 4 is 39.3 Å². The second kappa shape index (κ2) is 10.4. The molecule has 32 heavy (non-hydrogen) atoms. The quantitative estimate of drug-likeness (QED) is 0.280. The van der Waals surface area contributed by atoms with Crippen LogP contribution in [0, 0.1) is 0 Å². The molecule has 0 saturated carbocycles. The smallest absolute Gasteiger partial charge is 0.214 e. The standard InChI is InChI=1S/C28H33ClO2S/c1-16(2)22-14-23(17(3)4)27(24(15-22)18(5)6)32-28(31)25(29)26(30)21-12-11-19-9-7-8-10-20(19)13-21/h7-18,25-26,30H,1-6H3/t25-,26-/m1/s1. The van der Waals surface area contributed by atoms with E-state index < -0.39 is 11.5 Å². The van der Waals surface area contributed by atoms with E-state index in [1.54, 1.807) is 0 Å². The highest BCUT2D eigenvalue weighted by atomic mass is 35.5. The Labute approximate surface area is 201 Å². The minimum absolute atomic E-state index is 0.228. The molecule has 0 spiro atoms. The fourth-order valence-corrected chi connectivity index (χ4v) is 5.40. The number of aliphatic hydroxyl groups excluding tert-OH is 1. The zero-order valence-corrected chi connectivity index (χ0v) is 21.3. The zero-order valence-electron chi connectivity index (χ0n) is 19.7. The van der Waals surface area contributed by atoms with E-state index >= 15 is 0 Å². The molecule has 0 bridgehead atoms. The van der Waals surface area contributed by atoms with Crippen molar-refractivity contribution in [2.75, 3.05) is 0 Å². The molecule has 3 rings (SSSR count). The first-order valence-electron chi connectivity index (χ1n) is 11.3. The van der Waals surface area contributed by atoms with Gasteiger partial charge in [-0.1, -0.05) is 90.1 Å². The van der Waals surface area contributed by atoms with Crippen molar-refractivity contribution < 1.29 is 9.90 Å². The van der Waals surface area contributed by atoms with E-state index in [1.165, 1.54) is 28.5 Å². The molecule has 1 N–H and O–H groups in total. The summed E-state index contributed by atoms with van der Waals surface area (Å²) in [5.74, 6) is 0.969. The van der Waals surface area contributed by atoms with Gasteiger partial charge in [-0.3, -0.25) is 4.79 Å². The fraction of sp³-hybridized carbons (Fsp3) is 0.393. The summed E-state index contributed by atoms with van der Waals surface area (Å²) >= 11 is 7.72. The maximum absolute atomic E-state index is 13.2. The minimum Gasteiger partial charge on any atom is -0.386 e. The third-order valence-corrected chi connectivity index (χ3v) is 7.60. The van der Waals surface area contributed by atoms with Gasteiger partial charge in [-0.25, -0.2) is 0 Å². The average molecular weight is 469 g/mol. The number of aliphatic hydroxyl groups is 1. The molecule has 0 heterocycles. The third kappa shape index (κ3) is 5.39. The van der Waals surface area contributed by atoms with Gasteiger partial charge in [0.05, 0.1) is 0 Å². The molecule has 0 aromatic heterocycles. The maximum atomic E-state index is 13.2. The van der Waals surface area contributed by atoms with E-state index in [4.69, 9.17) is 11.6 Å². The van der Waals surface area contributed by atoms with Crippen LogP contribution in [0.3, 0.4) is 0 Å². The van der Waals surface area contributed by atoms with Gasteiger partial charge in [-0.05, 0) is 68.6 Å². The first kappa shape index (κ1) is 24.8. The van der Waals surface area contributed by atoms with Crippen LogP contribution in [0.25, 0.3) is 10.8 Å². The van der Waals surface area contributed by atoms with Gasteiger partial charge in [0, 0.05) is 4.90 Å². The zero-order chi connectivity index (χ0) is 23.6. The number of carbonyl (C=O) groups excluding carboxylic acids is 1. The summed E-state index contributed by atoms with van der Waals surface area (Å²) in [6.45, 7) is 13.0. The number of carbonyl (C=O) groups is 1. The van der Waals surface area contributed by atoms with E-state index in [1.807, 2.05) is 42.5 Å². The summed E-state index contributed by atoms with van der Waals surface area (Å²) in [7, 11) is 0. The number of rotatable bonds is 7. The summed E-state index contributed by atoms with van der Waals surface area (Å²) in [5, 5.41) is 11.7. The molecule has 4 heteroatoms. The Morgan fingerprint density at radius 2 is 1.34 bits per heavy atom. The highest BCUT2D eigenvalue weighted by Crippen LogP contribution is 2.40. The van der Waals surface area contributed by atoms with E-state index in [2.05, 4.69) is 53.7 Å². The molecule has 170 valence electrons. The van der Waals surface area contributed by atoms with Crippen molar-refractivity contribution in [1.29, 1.82) is 0 Å². The van der Waals surface area contributed by atoms with Crippen LogP contribution < -0.4 is 0 Å². The second-order valence-corrected chi connectivity index (χ2v) is 10.9. The molecule has 0 amide bonds. The summed E-state index contributed by atoms with van der Waals surface area (Å²) in [6, 6.07) is 18.1. The van der Waals surface area contributed by atoms with Crippen LogP contribution in [0.4, 0.5) is 0 Å². The van der Waals surface area contributed by atoms with E-state index in [-0.39, 0.29) is 17.0 Å². The number of alkyl halides is 1. The van der Waals surface area contributed by atoms with Crippen molar-refractivity contribution in [2.24, 2.45) is 0 Å². The molecule has 0 aliphatic rings. The van der Waals surface area contributed by atoms with Crippen molar-refractivity contribution in [1.82, 2.24) is 0 Å². The molecule has 3 aromatic carbocycles. The highest BCUT2D eigenvalue weighted by molar-refractivity contribution is 8.14. The Morgan fingerprint density at radius 1 is 0.781 bits per heavy atom. The molecule has 0 fully saturated rings. The fourth-order valence-electron chi connectivity index (χ4n) is 3.85. The molecule has 0 aliphatic heterocycles. The normalized spacial score (nSPS) is 13.8. The lowest BCUT2D eigenvalue weighted by molar-refractivity contribution is -0.112. The number of hydrogen-bond acceptors (Lipinski definition) is 3. The number of halogens is 1. The van der Waals surface area contributed by atoms with Gasteiger partial charge in [0.15, 0.2) is 0 Å². The molecule has 0 radical (unpaired) electrons. The van der Waals surface area contributed by atoms with Crippen LogP contribution in [-0.2, 0) is 4.79 Å². The number of hydrogen-bond donors (Lipinski definition) is 1. The van der Waals surface area contributed by atoms with Crippen molar-refractivity contribution in [2.45, 2.75) is 75.7 Å². The van der Waals surface area contributed by atoms with Crippen LogP contribution >= 0.6 is 23.4 Å². The van der Waals surface area contributed by atoms with E-state index in [0.29, 0.717) is 11.5 Å². The Hall–Kier alpha value is -1.81. The number of fused-ring (bicyclic) bond motifs is 1. The molecular formula is C28H33ClO2S. The first-order chi connectivity index (χ1) is 15.1. The van der Waals surface area contributed by atoms with Crippen molar-refractivity contribution in [3.8, 4) is 0 Å². The largest absolute Gasteiger partial charge is 0.386 e. The van der Waals surface area contributed by atoms with Crippen LogP contribution in [0.15, 0.2) is 59.5 Å². The summed E-state index contributed by atoms with van der Waals surface area (Å²) in [4.78, 5) is 14.2. The van der Waals surface area contributed by atoms with Crippen LogP contribution in [0.1, 0.15) is 87.7 Å². The summed E-state index contributed by atoms with van der Waals surface area (Å²) in [6.07, 6.45) is -1.07. The molecule has 2 atom stereocenters. The Morgan fingerprint density at radius 3 is 1.88 bits per heavy atom. The first-order valence-corrected chi connectivity index (χ1v) is 12.6. The summed E-state index contributed by atoms with van der Waals surface area (Å²) in [5.41, 5.74) is 4.28. The Bertz CT molecular complexity index is 1070. The van der Waals surface area contributed by atoms with Gasteiger partial charge in [-0.2, -0.15) is 0 Å². The number of thioether (sulfide) groups is 1. The molecule has 2 nitrogen and oxygen atoms in total. The van der Waals surface area contributed by atoms with Gasteiger partial charge in [0.25, 0.3) is 0 Å². The lowest BCUT2D eigenvalue weighted by Gasteiger charge is -2.23. The Kier molecular flexibility index (Phi) is 8.08. The summed E-state index contributed by atoms with van der Waals surface area (Å²) < 4.78 is 0. The van der Waals surface area contributed by atoms with E-state index in [9.17, 15) is 9.90 Å². The average Bonchev–Trinajstić information content (AvgIpc) is 2.77. The lowest BCUT2D eigenvalue weighted by atomic mass is 9.89. The monoisotopic (exact) mass is 468 g/mol. The second-order valence-electron chi connectivity index (χ2n) is 9.37. The molecule has 0 saturated heterocycles. The SMILES string of the molecule is CC(C)c1cc(C(C)C)c(SC(=O)[C@H](Cl)[C@H](O)c2ccc3ccccc3c2)c(C(C)C)c1. The predicted molar refractivity (Wildman–Crippen MR) is 138 cm³/mol. The molecular weight excluding hydrogens is 436 g/mol. The molecule has 0 unspecified atom stereocenters. The van der Waals surface area contributed by atoms with Crippen molar-refractivity contribution in [3.05, 3.63) is 76.9 Å². The molecule has 3 aromatic rings. The van der Waals surface area contributed by atoms with Gasteiger partial charge in [0.2, 0.25) is 5.12 Å². The Balaban J connectivity index is 1.92. The highest BCUT2D eigenvalue weighted by Gasteiger charge is 2.29. The van der Waals surface area contributed by atoms with Crippen molar-refractivity contribution in [3.63, 3.8) is 0 Å². The number of benzene rings is 3. The van der Waals surface area contributed by atoms with Crippen LogP contribution in [0.2, 0.25) is 0 Å². The topological polar surface area (TPSA) is 37.3 Å². The minimum atomic E-state index is -1.07. The van der Waals surface area contributed by atoms with Crippen LogP contribution in [0.5, 0.6) is 0 Å². The van der Waals surface area contributed by atoms with Gasteiger partial charge in [0.1, 0.15) is 11.5 Å². The predicted octanol–water partition coefficient (Wildman–Crippen LogP) is 8.17. The lowest BCUT2D eigenvalue weighted by Crippen LogP contribution is -2.21. The maximum Gasteiger partial charge on any atom is 0.214 e. The van der Waals surface area contributed by atoms with Crippen LogP contribution in [-0.4, -0.2) is 15.6 Å². The third-order valence-electron chi connectivity index (χ3n) is 5.90. The van der Waals surface area contributed by atoms with Gasteiger partial charge in [-0.15, -0.1) is 11.6 Å². The van der Waals surface area contributed by atoms with E-state index in [0.717, 1.165) is 15.7 Å².